The lowest BCUT2D eigenvalue weighted by Gasteiger charge is -2.30. The normalized spacial score (nSPS) is 19.5. The van der Waals surface area contributed by atoms with Crippen LogP contribution in [0.1, 0.15) is 69.9 Å². The molecule has 1 fully saturated rings. The van der Waals surface area contributed by atoms with Crippen LogP contribution in [0.15, 0.2) is 94.4 Å². The van der Waals surface area contributed by atoms with Gasteiger partial charge in [0.2, 0.25) is 5.69 Å². The van der Waals surface area contributed by atoms with Gasteiger partial charge in [-0.15, -0.1) is 5.06 Å². The van der Waals surface area contributed by atoms with Crippen LogP contribution in [0.2, 0.25) is 0 Å². The van der Waals surface area contributed by atoms with Crippen molar-refractivity contribution in [1.29, 1.82) is 0 Å². The molecule has 2 atom stereocenters. The lowest BCUT2D eigenvalue weighted by atomic mass is 9.76. The Morgan fingerprint density at radius 2 is 1.11 bits per heavy atom. The van der Waals surface area contributed by atoms with Gasteiger partial charge in [0, 0.05) is 61.0 Å². The fourth-order valence-corrected chi connectivity index (χ4v) is 11.4. The van der Waals surface area contributed by atoms with E-state index in [1.165, 1.54) is 31.4 Å². The first-order chi connectivity index (χ1) is 37.7. The van der Waals surface area contributed by atoms with Gasteiger partial charge in [-0.25, -0.2) is 4.79 Å². The predicted molar refractivity (Wildman–Crippen MR) is 289 cm³/mol. The smallest absolute Gasteiger partial charge is 0.335 e. The minimum atomic E-state index is -4.66. The molecule has 444 valence electrons. The predicted octanol–water partition coefficient (Wildman–Crippen LogP) is 3.93. The standard InChI is InChI=1S/C51H69N3O22S4/c1-50(20-9-35-77(58,59)60)41-37-39(79(64,65)66)13-15-43(41)52(22-25-70-3)45(50)11-7-5-4-6-8-12-46-51(2,21-10-36-78(61,62)63)42-38-40(80(67,68)69)14-16-44(42)53(46)23-26-72-28-30-74-32-34-75-33-31-73-29-27-71-24-19-49(57)76-54-47(55)17-18-48(54)56/h4-8,11-16,37-38H,9-10,17-36H2,1-3H3,(H3-,58,59,60,61,62,63,64,65,66,67,68,69)/p+1. The fourth-order valence-electron chi connectivity index (χ4n) is 9.38. The quantitative estimate of drug-likeness (QED) is 0.0247. The monoisotopic (exact) mass is 1200 g/mol. The van der Waals surface area contributed by atoms with E-state index >= 15 is 0 Å². The van der Waals surface area contributed by atoms with Crippen LogP contribution in [0.4, 0.5) is 11.4 Å². The molecule has 0 spiro atoms. The SMILES string of the molecule is COCCN1C(=CC=CC=CC=CC2=[N+](CCOCCOCCOCCOCCOCCC(=O)ON3C(=O)CCC3=O)c3ccc(S(=O)(=O)O)cc3C2(C)CCCS(=O)(=O)O)C(C)(CCCS(=O)(=O)O)c2cc(S(=O)(=O)O)ccc21. The van der Waals surface area contributed by atoms with Gasteiger partial charge in [-0.2, -0.15) is 38.2 Å². The minimum Gasteiger partial charge on any atom is -0.383 e. The Morgan fingerprint density at radius 1 is 0.625 bits per heavy atom. The number of carbonyl (C=O) groups excluding carboxylic acids is 3. The number of allylic oxidation sites excluding steroid dienone is 8. The maximum atomic E-state index is 12.4. The number of methoxy groups -OCH3 is 1. The van der Waals surface area contributed by atoms with Crippen LogP contribution >= 0.6 is 0 Å². The van der Waals surface area contributed by atoms with E-state index < -0.39 is 80.6 Å². The number of anilines is 1. The summed E-state index contributed by atoms with van der Waals surface area (Å²) in [6.07, 6.45) is 12.3. The zero-order chi connectivity index (χ0) is 58.8. The summed E-state index contributed by atoms with van der Waals surface area (Å²) < 4.78 is 170. The van der Waals surface area contributed by atoms with Gasteiger partial charge in [0.05, 0.1) is 99.2 Å². The van der Waals surface area contributed by atoms with E-state index in [-0.39, 0.29) is 134 Å². The van der Waals surface area contributed by atoms with E-state index in [0.29, 0.717) is 45.5 Å². The highest BCUT2D eigenvalue weighted by molar-refractivity contribution is 7.86. The first-order valence-electron chi connectivity index (χ1n) is 25.4. The van der Waals surface area contributed by atoms with Crippen molar-refractivity contribution >= 4 is 75.3 Å². The van der Waals surface area contributed by atoms with Crippen molar-refractivity contribution in [3.05, 3.63) is 95.8 Å². The first-order valence-corrected chi connectivity index (χ1v) is 31.5. The molecule has 0 aliphatic carbocycles. The molecule has 1 saturated heterocycles. The number of amides is 2. The number of benzene rings is 2. The molecule has 2 aromatic rings. The van der Waals surface area contributed by atoms with E-state index in [4.69, 9.17) is 33.3 Å². The average Bonchev–Trinajstić information content (AvgIpc) is 4.01. The summed E-state index contributed by atoms with van der Waals surface area (Å²) in [6.45, 7) is 6.56. The van der Waals surface area contributed by atoms with Gasteiger partial charge >= 0.3 is 5.97 Å². The van der Waals surface area contributed by atoms with E-state index in [1.54, 1.807) is 61.6 Å². The number of hydroxylamine groups is 2. The number of carbonyl (C=O) groups is 3. The van der Waals surface area contributed by atoms with Crippen molar-refractivity contribution in [2.24, 2.45) is 0 Å². The number of ether oxygens (including phenoxy) is 6. The van der Waals surface area contributed by atoms with Gasteiger partial charge in [-0.05, 0) is 81.5 Å². The third kappa shape index (κ3) is 19.2. The van der Waals surface area contributed by atoms with Crippen LogP contribution in [0.5, 0.6) is 0 Å². The Labute approximate surface area is 466 Å². The Morgan fingerprint density at radius 3 is 1.65 bits per heavy atom. The van der Waals surface area contributed by atoms with Crippen molar-refractivity contribution in [3.63, 3.8) is 0 Å². The summed E-state index contributed by atoms with van der Waals surface area (Å²) in [7, 11) is -16.4. The molecular weight excluding hydrogens is 1130 g/mol. The molecule has 4 N–H and O–H groups in total. The molecule has 5 rings (SSSR count). The zero-order valence-corrected chi connectivity index (χ0v) is 47.9. The summed E-state index contributed by atoms with van der Waals surface area (Å²) in [5.41, 5.74) is 1.41. The van der Waals surface area contributed by atoms with Gasteiger partial charge in [0.25, 0.3) is 52.3 Å². The van der Waals surface area contributed by atoms with Crippen molar-refractivity contribution < 1.29 is 104 Å². The Kier molecular flexibility index (Phi) is 24.4. The zero-order valence-electron chi connectivity index (χ0n) is 44.7. The van der Waals surface area contributed by atoms with Crippen molar-refractivity contribution in [1.82, 2.24) is 5.06 Å². The maximum Gasteiger partial charge on any atom is 0.335 e. The number of nitrogens with zero attached hydrogens (tertiary/aromatic N) is 3. The lowest BCUT2D eigenvalue weighted by Crippen LogP contribution is -2.32. The summed E-state index contributed by atoms with van der Waals surface area (Å²) >= 11 is 0. The first kappa shape index (κ1) is 65.7. The lowest BCUT2D eigenvalue weighted by molar-refractivity contribution is -0.442. The third-order valence-electron chi connectivity index (χ3n) is 13.2. The van der Waals surface area contributed by atoms with Crippen molar-refractivity contribution in [2.75, 3.05) is 109 Å². The third-order valence-corrected chi connectivity index (χ3v) is 16.5. The van der Waals surface area contributed by atoms with Crippen LogP contribution < -0.4 is 4.90 Å². The summed E-state index contributed by atoms with van der Waals surface area (Å²) in [6, 6.07) is 8.31. The summed E-state index contributed by atoms with van der Waals surface area (Å²) in [5, 5.41) is 0.480. The molecule has 80 heavy (non-hydrogen) atoms. The van der Waals surface area contributed by atoms with Gasteiger partial charge < -0.3 is 38.2 Å². The second kappa shape index (κ2) is 29.7. The highest BCUT2D eigenvalue weighted by atomic mass is 32.2. The number of hydrogen-bond acceptors (Lipinski definition) is 19. The second-order valence-electron chi connectivity index (χ2n) is 19.0. The number of imide groups is 1. The Bertz CT molecular complexity index is 3120. The van der Waals surface area contributed by atoms with Crippen molar-refractivity contribution in [3.8, 4) is 0 Å². The maximum absolute atomic E-state index is 12.4. The van der Waals surface area contributed by atoms with Gasteiger partial charge in [0.1, 0.15) is 6.61 Å². The molecule has 0 bridgehead atoms. The molecule has 3 aliphatic heterocycles. The van der Waals surface area contributed by atoms with E-state index in [9.17, 15) is 66.3 Å². The van der Waals surface area contributed by atoms with Crippen molar-refractivity contribution in [2.45, 2.75) is 79.4 Å². The topological polar surface area (TPSA) is 343 Å². The van der Waals surface area contributed by atoms with Crippen LogP contribution in [0.25, 0.3) is 0 Å². The molecule has 0 saturated carbocycles. The molecule has 0 aromatic heterocycles. The molecule has 3 aliphatic rings. The van der Waals surface area contributed by atoms with E-state index in [2.05, 4.69) is 0 Å². The van der Waals surface area contributed by atoms with Gasteiger partial charge in [0.15, 0.2) is 12.3 Å². The van der Waals surface area contributed by atoms with E-state index in [1.807, 2.05) is 16.4 Å². The molecule has 29 heteroatoms. The van der Waals surface area contributed by atoms with Gasteiger partial charge in [-0.3, -0.25) is 27.8 Å². The number of fused-ring (bicyclic) bond motifs is 2. The highest BCUT2D eigenvalue weighted by Gasteiger charge is 2.48. The molecule has 2 unspecified atom stereocenters. The number of hydrogen-bond donors (Lipinski definition) is 4. The summed E-state index contributed by atoms with van der Waals surface area (Å²) in [5.74, 6) is -2.99. The molecule has 3 heterocycles. The highest BCUT2D eigenvalue weighted by Crippen LogP contribution is 2.51. The van der Waals surface area contributed by atoms with Crippen LogP contribution in [-0.4, -0.2) is 189 Å². The van der Waals surface area contributed by atoms with E-state index in [0.717, 1.165) is 0 Å². The Hall–Kier alpha value is -5.12. The molecule has 0 radical (unpaired) electrons. The molecule has 25 nitrogen and oxygen atoms in total. The number of rotatable bonds is 36. The average molecular weight is 1210 g/mol. The molecular formula is C51H70N3O22S4+. The Balaban J connectivity index is 1.21. The van der Waals surface area contributed by atoms with Crippen LogP contribution in [0.3, 0.4) is 0 Å². The van der Waals surface area contributed by atoms with Crippen LogP contribution in [0, 0.1) is 0 Å². The molecule has 2 amide bonds. The minimum absolute atomic E-state index is 0.00670. The largest absolute Gasteiger partial charge is 0.383 e. The molecule has 2 aromatic carbocycles. The summed E-state index contributed by atoms with van der Waals surface area (Å²) in [4.78, 5) is 40.9. The second-order valence-corrected chi connectivity index (χ2v) is 25.0. The van der Waals surface area contributed by atoms with Crippen LogP contribution in [-0.2, 0) is 98.9 Å². The van der Waals surface area contributed by atoms with Gasteiger partial charge in [-0.1, -0.05) is 30.4 Å². The fraction of sp³-hybridized carbons (Fsp3) is 0.529.